The summed E-state index contributed by atoms with van der Waals surface area (Å²) in [6, 6.07) is 7.43. The van der Waals surface area contributed by atoms with E-state index in [0.717, 1.165) is 38.5 Å². The quantitative estimate of drug-likeness (QED) is 0.481. The lowest BCUT2D eigenvalue weighted by molar-refractivity contribution is -0.142. The van der Waals surface area contributed by atoms with Crippen molar-refractivity contribution in [2.45, 2.75) is 70.9 Å². The highest BCUT2D eigenvalue weighted by molar-refractivity contribution is 6.05. The number of benzene rings is 1. The van der Waals surface area contributed by atoms with Crippen molar-refractivity contribution >= 4 is 17.6 Å². The van der Waals surface area contributed by atoms with Gasteiger partial charge in [0.25, 0.3) is 5.91 Å². The van der Waals surface area contributed by atoms with Crippen molar-refractivity contribution < 1.29 is 24.6 Å². The SMILES string of the molecule is C[C@]12C=CC(=NOCC(=O)N[C@H](C(=O)O)c3ccccc3)C=C1CC[C@H]1[C@@H]2CC[C@@]2(C)[C@H]1CC[C@]2(C)O. The molecule has 0 aliphatic heterocycles. The van der Waals surface area contributed by atoms with Crippen LogP contribution in [0.1, 0.15) is 70.9 Å². The first kappa shape index (κ1) is 25.7. The molecule has 0 radical (unpaired) electrons. The molecule has 0 saturated heterocycles. The molecule has 3 saturated carbocycles. The smallest absolute Gasteiger partial charge is 0.330 e. The number of oxime groups is 1. The Balaban J connectivity index is 1.22. The molecule has 0 spiro atoms. The van der Waals surface area contributed by atoms with E-state index in [4.69, 9.17) is 4.84 Å². The van der Waals surface area contributed by atoms with E-state index in [9.17, 15) is 19.8 Å². The summed E-state index contributed by atoms with van der Waals surface area (Å²) in [6.45, 7) is 6.32. The van der Waals surface area contributed by atoms with Crippen LogP contribution in [0.3, 0.4) is 0 Å². The fourth-order valence-corrected chi connectivity index (χ4v) is 7.81. The lowest BCUT2D eigenvalue weighted by Crippen LogP contribution is -2.53. The van der Waals surface area contributed by atoms with Gasteiger partial charge in [0.05, 0.1) is 5.60 Å². The summed E-state index contributed by atoms with van der Waals surface area (Å²) < 4.78 is 0. The van der Waals surface area contributed by atoms with Crippen LogP contribution in [0, 0.1) is 28.6 Å². The summed E-state index contributed by atoms with van der Waals surface area (Å²) >= 11 is 0. The number of fused-ring (bicyclic) bond motifs is 5. The molecule has 198 valence electrons. The summed E-state index contributed by atoms with van der Waals surface area (Å²) in [4.78, 5) is 29.3. The molecule has 1 amide bonds. The number of amides is 1. The number of carboxylic acids is 1. The van der Waals surface area contributed by atoms with Crippen molar-refractivity contribution in [3.63, 3.8) is 0 Å². The molecular formula is C30H38N2O5. The van der Waals surface area contributed by atoms with Gasteiger partial charge in [-0.25, -0.2) is 4.79 Å². The Bertz CT molecular complexity index is 1160. The van der Waals surface area contributed by atoms with Crippen molar-refractivity contribution in [3.8, 4) is 0 Å². The van der Waals surface area contributed by atoms with Crippen LogP contribution >= 0.6 is 0 Å². The standard InChI is InChI=1S/C30H38N2O5/c1-28-14-11-21(32-37-18-25(33)31-26(27(34)35)19-7-5-4-6-8-19)17-20(28)9-10-22-23(28)12-15-29(2)24(22)13-16-30(29,3)36/h4-8,11,14,17,22-24,26,36H,9-10,12-13,15-16,18H2,1-3H3,(H,31,33)(H,34,35)/t22-,23-,24-,26-,28-,29-,30-/m0/s1. The number of carboxylic acid groups (broad SMARTS) is 1. The molecule has 3 N–H and O–H groups in total. The Kier molecular flexibility index (Phi) is 6.55. The second-order valence-electron chi connectivity index (χ2n) is 12.0. The van der Waals surface area contributed by atoms with Gasteiger partial charge in [-0.1, -0.05) is 61.0 Å². The van der Waals surface area contributed by atoms with Crippen molar-refractivity contribution in [2.24, 2.45) is 33.7 Å². The molecule has 7 nitrogen and oxygen atoms in total. The molecular weight excluding hydrogens is 468 g/mol. The van der Waals surface area contributed by atoms with E-state index in [0.29, 0.717) is 29.0 Å². The molecule has 4 aliphatic carbocycles. The van der Waals surface area contributed by atoms with Gasteiger partial charge >= 0.3 is 5.97 Å². The first-order chi connectivity index (χ1) is 17.5. The molecule has 4 aliphatic rings. The zero-order chi connectivity index (χ0) is 26.4. The fourth-order valence-electron chi connectivity index (χ4n) is 7.81. The lowest BCUT2D eigenvalue weighted by Gasteiger charge is -2.58. The number of nitrogens with zero attached hydrogens (tertiary/aromatic N) is 1. The van der Waals surface area contributed by atoms with Crippen molar-refractivity contribution in [1.82, 2.24) is 5.32 Å². The molecule has 7 heteroatoms. The highest BCUT2D eigenvalue weighted by Crippen LogP contribution is 2.66. The van der Waals surface area contributed by atoms with Gasteiger partial charge in [-0.05, 0) is 86.3 Å². The van der Waals surface area contributed by atoms with E-state index in [1.165, 1.54) is 5.57 Å². The van der Waals surface area contributed by atoms with Crippen molar-refractivity contribution in [2.75, 3.05) is 6.61 Å². The highest BCUT2D eigenvalue weighted by atomic mass is 16.6. The predicted octanol–water partition coefficient (Wildman–Crippen LogP) is 4.79. The average molecular weight is 507 g/mol. The number of aliphatic hydroxyl groups is 1. The molecule has 7 atom stereocenters. The molecule has 37 heavy (non-hydrogen) atoms. The Labute approximate surface area is 218 Å². The van der Waals surface area contributed by atoms with Gasteiger partial charge in [-0.2, -0.15) is 0 Å². The first-order valence-corrected chi connectivity index (χ1v) is 13.4. The summed E-state index contributed by atoms with van der Waals surface area (Å²) in [6.07, 6.45) is 12.6. The molecule has 0 heterocycles. The van der Waals surface area contributed by atoms with Crippen LogP contribution in [-0.2, 0) is 14.4 Å². The van der Waals surface area contributed by atoms with E-state index >= 15 is 0 Å². The molecule has 0 bridgehead atoms. The van der Waals surface area contributed by atoms with E-state index < -0.39 is 23.5 Å². The van der Waals surface area contributed by atoms with Crippen LogP contribution in [-0.4, -0.2) is 40.0 Å². The Morgan fingerprint density at radius 1 is 1.11 bits per heavy atom. The number of aliphatic carboxylic acids is 1. The van der Waals surface area contributed by atoms with Gasteiger partial charge in [0.15, 0.2) is 12.6 Å². The summed E-state index contributed by atoms with van der Waals surface area (Å²) in [7, 11) is 0. The van der Waals surface area contributed by atoms with E-state index in [1.54, 1.807) is 30.3 Å². The predicted molar refractivity (Wildman–Crippen MR) is 141 cm³/mol. The number of carbonyl (C=O) groups excluding carboxylic acids is 1. The van der Waals surface area contributed by atoms with Gasteiger partial charge in [-0.15, -0.1) is 0 Å². The zero-order valence-electron chi connectivity index (χ0n) is 21.9. The fraction of sp³-hybridized carbons (Fsp3) is 0.567. The van der Waals surface area contributed by atoms with Crippen LogP contribution < -0.4 is 5.32 Å². The number of nitrogens with one attached hydrogen (secondary N) is 1. The largest absolute Gasteiger partial charge is 0.479 e. The van der Waals surface area contributed by atoms with Gasteiger partial charge in [0, 0.05) is 5.41 Å². The third-order valence-electron chi connectivity index (χ3n) is 10.2. The number of hydrogen-bond acceptors (Lipinski definition) is 5. The maximum absolute atomic E-state index is 12.4. The monoisotopic (exact) mass is 506 g/mol. The topological polar surface area (TPSA) is 108 Å². The number of carbonyl (C=O) groups is 2. The zero-order valence-corrected chi connectivity index (χ0v) is 21.9. The average Bonchev–Trinajstić information content (AvgIpc) is 3.11. The van der Waals surface area contributed by atoms with Gasteiger partial charge < -0.3 is 20.4 Å². The Morgan fingerprint density at radius 2 is 1.84 bits per heavy atom. The van der Waals surface area contributed by atoms with Crippen LogP contribution in [0.25, 0.3) is 0 Å². The number of hydrogen-bond donors (Lipinski definition) is 3. The van der Waals surface area contributed by atoms with Gasteiger partial charge in [0.2, 0.25) is 0 Å². The van der Waals surface area contributed by atoms with Crippen molar-refractivity contribution in [1.29, 1.82) is 0 Å². The van der Waals surface area contributed by atoms with Crippen LogP contribution in [0.15, 0.2) is 59.3 Å². The molecule has 0 unspecified atom stereocenters. The third-order valence-corrected chi connectivity index (χ3v) is 10.2. The molecule has 1 aromatic rings. The summed E-state index contributed by atoms with van der Waals surface area (Å²) in [5.41, 5.74) is 1.92. The normalized spacial score (nSPS) is 38.1. The summed E-state index contributed by atoms with van der Waals surface area (Å²) in [5.74, 6) is 0.0520. The number of rotatable bonds is 6. The second-order valence-corrected chi connectivity index (χ2v) is 12.0. The van der Waals surface area contributed by atoms with Gasteiger partial charge in [0.1, 0.15) is 5.71 Å². The number of allylic oxidation sites excluding steroid dienone is 4. The van der Waals surface area contributed by atoms with Crippen LogP contribution in [0.2, 0.25) is 0 Å². The maximum atomic E-state index is 12.4. The minimum atomic E-state index is -1.14. The van der Waals surface area contributed by atoms with Crippen LogP contribution in [0.4, 0.5) is 0 Å². The molecule has 1 aromatic carbocycles. The second kappa shape index (κ2) is 9.43. The minimum Gasteiger partial charge on any atom is -0.479 e. The first-order valence-electron chi connectivity index (χ1n) is 13.4. The lowest BCUT2D eigenvalue weighted by atomic mass is 9.47. The van der Waals surface area contributed by atoms with E-state index in [1.807, 2.05) is 13.0 Å². The maximum Gasteiger partial charge on any atom is 0.330 e. The Morgan fingerprint density at radius 3 is 2.57 bits per heavy atom. The van der Waals surface area contributed by atoms with Crippen LogP contribution in [0.5, 0.6) is 0 Å². The highest BCUT2D eigenvalue weighted by Gasteiger charge is 2.61. The third kappa shape index (κ3) is 4.41. The molecule has 3 fully saturated rings. The summed E-state index contributed by atoms with van der Waals surface area (Å²) in [5, 5.41) is 27.3. The Hall–Kier alpha value is -2.93. The van der Waals surface area contributed by atoms with Crippen molar-refractivity contribution in [3.05, 3.63) is 59.7 Å². The molecule has 5 rings (SSSR count). The van der Waals surface area contributed by atoms with E-state index in [2.05, 4.69) is 36.5 Å². The minimum absolute atomic E-state index is 0.00527. The van der Waals surface area contributed by atoms with E-state index in [-0.39, 0.29) is 17.4 Å². The molecule has 0 aromatic heterocycles. The van der Waals surface area contributed by atoms with Gasteiger partial charge in [-0.3, -0.25) is 4.79 Å².